The van der Waals surface area contributed by atoms with Crippen molar-refractivity contribution in [3.63, 3.8) is 0 Å². The minimum absolute atomic E-state index is 0.0892. The van der Waals surface area contributed by atoms with Gasteiger partial charge in [-0.1, -0.05) is 15.9 Å². The number of rotatable bonds is 5. The van der Waals surface area contributed by atoms with Crippen molar-refractivity contribution in [2.45, 2.75) is 13.0 Å². The Balaban J connectivity index is 2.18. The molecule has 2 N–H and O–H groups in total. The highest BCUT2D eigenvalue weighted by Crippen LogP contribution is 2.24. The van der Waals surface area contributed by atoms with Gasteiger partial charge in [-0.15, -0.1) is 0 Å². The summed E-state index contributed by atoms with van der Waals surface area (Å²) in [5.74, 6) is 1.56. The number of Topliss-reactive ketones (excluding diaryl/α,β-unsaturated/α-hetero) is 1. The molecule has 1 heterocycles. The predicted molar refractivity (Wildman–Crippen MR) is 75.3 cm³/mol. The summed E-state index contributed by atoms with van der Waals surface area (Å²) in [5, 5.41) is 0. The highest BCUT2D eigenvalue weighted by molar-refractivity contribution is 9.10. The first kappa shape index (κ1) is 13.8. The number of ketones is 1. The third-order valence-electron chi connectivity index (χ3n) is 2.74. The monoisotopic (exact) mass is 323 g/mol. The third kappa shape index (κ3) is 3.24. The van der Waals surface area contributed by atoms with Crippen LogP contribution in [-0.2, 0) is 13.0 Å². The Kier molecular flexibility index (Phi) is 4.39. The Labute approximate surface area is 119 Å². The molecule has 0 saturated carbocycles. The Morgan fingerprint density at radius 1 is 1.37 bits per heavy atom. The van der Waals surface area contributed by atoms with E-state index in [1.54, 1.807) is 19.2 Å². The number of nitrogens with two attached hydrogens (primary N) is 1. The van der Waals surface area contributed by atoms with Crippen LogP contribution in [0.3, 0.4) is 0 Å². The molecule has 0 saturated heterocycles. The Hall–Kier alpha value is -1.59. The molecule has 0 bridgehead atoms. The normalized spacial score (nSPS) is 10.5. The summed E-state index contributed by atoms with van der Waals surface area (Å²) in [6.07, 6.45) is 0.245. The van der Waals surface area contributed by atoms with Gasteiger partial charge in [-0.2, -0.15) is 0 Å². The second-order valence-electron chi connectivity index (χ2n) is 4.03. The van der Waals surface area contributed by atoms with Crippen LogP contribution in [0, 0.1) is 0 Å². The molecule has 0 atom stereocenters. The molecule has 4 nitrogen and oxygen atoms in total. The lowest BCUT2D eigenvalue weighted by atomic mass is 10.1. The van der Waals surface area contributed by atoms with E-state index >= 15 is 0 Å². The van der Waals surface area contributed by atoms with Crippen LogP contribution >= 0.6 is 15.9 Å². The van der Waals surface area contributed by atoms with E-state index in [2.05, 4.69) is 15.9 Å². The lowest BCUT2D eigenvalue weighted by Crippen LogP contribution is -2.03. The lowest BCUT2D eigenvalue weighted by molar-refractivity contribution is 0.0964. The average Bonchev–Trinajstić information content (AvgIpc) is 2.90. The highest BCUT2D eigenvalue weighted by atomic mass is 79.9. The van der Waals surface area contributed by atoms with Crippen molar-refractivity contribution in [1.29, 1.82) is 0 Å². The molecule has 0 aliphatic heterocycles. The third-order valence-corrected chi connectivity index (χ3v) is 3.52. The van der Waals surface area contributed by atoms with E-state index in [1.165, 1.54) is 0 Å². The number of hydrogen-bond donors (Lipinski definition) is 1. The molecule has 1 aromatic carbocycles. The molecule has 0 fully saturated rings. The molecule has 2 aromatic rings. The summed E-state index contributed by atoms with van der Waals surface area (Å²) in [7, 11) is 1.59. The molecular weight excluding hydrogens is 310 g/mol. The standard InChI is InChI=1S/C14H14BrNO3/c1-18-10-2-4-12(15)9(6-10)7-13(17)14-5-3-11(8-16)19-14/h2-6H,7-8,16H2,1H3. The summed E-state index contributed by atoms with van der Waals surface area (Å²) in [4.78, 5) is 12.1. The smallest absolute Gasteiger partial charge is 0.202 e. The maximum Gasteiger partial charge on any atom is 0.202 e. The molecule has 0 amide bonds. The van der Waals surface area contributed by atoms with Crippen LogP contribution in [0.5, 0.6) is 5.75 Å². The van der Waals surface area contributed by atoms with Gasteiger partial charge in [0, 0.05) is 10.9 Å². The number of hydrogen-bond acceptors (Lipinski definition) is 4. The summed E-state index contributed by atoms with van der Waals surface area (Å²) >= 11 is 3.42. The van der Waals surface area contributed by atoms with Crippen molar-refractivity contribution < 1.29 is 13.9 Å². The van der Waals surface area contributed by atoms with E-state index < -0.39 is 0 Å². The van der Waals surface area contributed by atoms with E-state index in [0.717, 1.165) is 10.0 Å². The quantitative estimate of drug-likeness (QED) is 0.859. The maximum atomic E-state index is 12.1. The summed E-state index contributed by atoms with van der Waals surface area (Å²) in [5.41, 5.74) is 6.31. The molecule has 0 radical (unpaired) electrons. The van der Waals surface area contributed by atoms with Crippen molar-refractivity contribution in [1.82, 2.24) is 0 Å². The molecule has 0 aliphatic carbocycles. The first-order valence-electron chi connectivity index (χ1n) is 5.78. The SMILES string of the molecule is COc1ccc(Br)c(CC(=O)c2ccc(CN)o2)c1. The number of carbonyl (C=O) groups is 1. The van der Waals surface area contributed by atoms with Crippen LogP contribution < -0.4 is 10.5 Å². The topological polar surface area (TPSA) is 65.5 Å². The Bertz CT molecular complexity index is 592. The van der Waals surface area contributed by atoms with Crippen molar-refractivity contribution in [3.05, 3.63) is 51.9 Å². The highest BCUT2D eigenvalue weighted by Gasteiger charge is 2.14. The average molecular weight is 324 g/mol. The van der Waals surface area contributed by atoms with E-state index in [1.807, 2.05) is 18.2 Å². The van der Waals surface area contributed by atoms with Crippen molar-refractivity contribution in [3.8, 4) is 5.75 Å². The van der Waals surface area contributed by atoms with Gasteiger partial charge in [0.2, 0.25) is 5.78 Å². The van der Waals surface area contributed by atoms with Gasteiger partial charge in [0.1, 0.15) is 11.5 Å². The largest absolute Gasteiger partial charge is 0.497 e. The van der Waals surface area contributed by atoms with Gasteiger partial charge in [0.15, 0.2) is 5.76 Å². The second kappa shape index (κ2) is 6.04. The number of carbonyl (C=O) groups excluding carboxylic acids is 1. The molecule has 19 heavy (non-hydrogen) atoms. The van der Waals surface area contributed by atoms with E-state index in [9.17, 15) is 4.79 Å². The minimum Gasteiger partial charge on any atom is -0.497 e. The van der Waals surface area contributed by atoms with Crippen LogP contribution in [0.15, 0.2) is 39.2 Å². The molecular formula is C14H14BrNO3. The fraction of sp³-hybridized carbons (Fsp3) is 0.214. The van der Waals surface area contributed by atoms with E-state index in [0.29, 0.717) is 17.3 Å². The van der Waals surface area contributed by atoms with Gasteiger partial charge >= 0.3 is 0 Å². The van der Waals surface area contributed by atoms with Crippen molar-refractivity contribution in [2.75, 3.05) is 7.11 Å². The molecule has 100 valence electrons. The van der Waals surface area contributed by atoms with Crippen molar-refractivity contribution >= 4 is 21.7 Å². The second-order valence-corrected chi connectivity index (χ2v) is 4.88. The molecule has 0 aliphatic rings. The number of benzene rings is 1. The first-order chi connectivity index (χ1) is 9.13. The van der Waals surface area contributed by atoms with E-state index in [-0.39, 0.29) is 18.7 Å². The fourth-order valence-electron chi connectivity index (χ4n) is 1.71. The zero-order chi connectivity index (χ0) is 13.8. The van der Waals surface area contributed by atoms with E-state index in [4.69, 9.17) is 14.9 Å². The molecule has 1 aromatic heterocycles. The van der Waals surface area contributed by atoms with Gasteiger partial charge < -0.3 is 14.9 Å². The van der Waals surface area contributed by atoms with Crippen LogP contribution in [-0.4, -0.2) is 12.9 Å². The van der Waals surface area contributed by atoms with Gasteiger partial charge in [-0.25, -0.2) is 0 Å². The van der Waals surface area contributed by atoms with Gasteiger partial charge in [0.25, 0.3) is 0 Å². The Morgan fingerprint density at radius 2 is 2.16 bits per heavy atom. The number of furan rings is 1. The summed E-state index contributed by atoms with van der Waals surface area (Å²) in [6, 6.07) is 8.88. The molecule has 0 spiro atoms. The zero-order valence-electron chi connectivity index (χ0n) is 10.5. The van der Waals surface area contributed by atoms with Crippen LogP contribution in [0.4, 0.5) is 0 Å². The minimum atomic E-state index is -0.0892. The van der Waals surface area contributed by atoms with Gasteiger partial charge in [-0.3, -0.25) is 4.79 Å². The molecule has 2 rings (SSSR count). The maximum absolute atomic E-state index is 12.1. The predicted octanol–water partition coefficient (Wildman–Crippen LogP) is 2.93. The lowest BCUT2D eigenvalue weighted by Gasteiger charge is -2.06. The van der Waals surface area contributed by atoms with Gasteiger partial charge in [0.05, 0.1) is 13.7 Å². The molecule has 5 heteroatoms. The summed E-state index contributed by atoms with van der Waals surface area (Å²) < 4.78 is 11.4. The van der Waals surface area contributed by atoms with Crippen LogP contribution in [0.1, 0.15) is 21.9 Å². The molecule has 0 unspecified atom stereocenters. The van der Waals surface area contributed by atoms with Gasteiger partial charge in [-0.05, 0) is 35.9 Å². The number of methoxy groups -OCH3 is 1. The van der Waals surface area contributed by atoms with Crippen molar-refractivity contribution in [2.24, 2.45) is 5.73 Å². The summed E-state index contributed by atoms with van der Waals surface area (Å²) in [6.45, 7) is 0.288. The number of halogens is 1. The number of ether oxygens (including phenoxy) is 1. The Morgan fingerprint density at radius 3 is 2.79 bits per heavy atom. The zero-order valence-corrected chi connectivity index (χ0v) is 12.1. The fourth-order valence-corrected chi connectivity index (χ4v) is 2.10. The first-order valence-corrected chi connectivity index (χ1v) is 6.57. The van der Waals surface area contributed by atoms with Crippen LogP contribution in [0.2, 0.25) is 0 Å². The van der Waals surface area contributed by atoms with Crippen LogP contribution in [0.25, 0.3) is 0 Å².